The molecule has 3 aromatic rings. The zero-order chi connectivity index (χ0) is 20.8. The smallest absolute Gasteiger partial charge is 0.284 e. The van der Waals surface area contributed by atoms with Crippen molar-refractivity contribution in [3.05, 3.63) is 87.4 Å². The Kier molecular flexibility index (Phi) is 6.74. The van der Waals surface area contributed by atoms with Gasteiger partial charge < -0.3 is 10.1 Å². The van der Waals surface area contributed by atoms with Crippen molar-refractivity contribution < 1.29 is 14.5 Å². The van der Waals surface area contributed by atoms with Gasteiger partial charge in [-0.2, -0.15) is 0 Å². The van der Waals surface area contributed by atoms with Crippen LogP contribution in [0, 0.1) is 10.1 Å². The van der Waals surface area contributed by atoms with E-state index in [1.54, 1.807) is 60.7 Å². The lowest BCUT2D eigenvalue weighted by Crippen LogP contribution is -2.12. The number of anilines is 1. The van der Waals surface area contributed by atoms with Gasteiger partial charge in [0.1, 0.15) is 5.75 Å². The van der Waals surface area contributed by atoms with Crippen LogP contribution >= 0.6 is 23.4 Å². The molecule has 0 aliphatic carbocycles. The molecule has 0 aliphatic heterocycles. The minimum absolute atomic E-state index is 0.158. The largest absolute Gasteiger partial charge is 0.494 e. The number of hydrogen-bond acceptors (Lipinski definition) is 5. The van der Waals surface area contributed by atoms with Crippen LogP contribution in [-0.2, 0) is 0 Å². The molecule has 0 atom stereocenters. The number of nitro benzene ring substituents is 1. The number of nitrogens with zero attached hydrogens (tertiary/aromatic N) is 1. The van der Waals surface area contributed by atoms with Crippen LogP contribution in [0.5, 0.6) is 5.75 Å². The van der Waals surface area contributed by atoms with E-state index >= 15 is 0 Å². The molecule has 0 radical (unpaired) electrons. The lowest BCUT2D eigenvalue weighted by atomic mass is 10.2. The fraction of sp³-hybridized carbons (Fsp3) is 0.0952. The zero-order valence-electron chi connectivity index (χ0n) is 15.4. The molecule has 0 saturated carbocycles. The van der Waals surface area contributed by atoms with Crippen LogP contribution in [0.3, 0.4) is 0 Å². The summed E-state index contributed by atoms with van der Waals surface area (Å²) in [7, 11) is 0. The molecule has 0 spiro atoms. The van der Waals surface area contributed by atoms with E-state index in [1.807, 2.05) is 6.92 Å². The van der Waals surface area contributed by atoms with E-state index in [9.17, 15) is 14.9 Å². The molecule has 1 amide bonds. The van der Waals surface area contributed by atoms with Gasteiger partial charge in [0.15, 0.2) is 0 Å². The molecule has 0 aromatic heterocycles. The van der Waals surface area contributed by atoms with Crippen LogP contribution in [0.1, 0.15) is 17.3 Å². The number of nitrogens with one attached hydrogen (secondary N) is 1. The summed E-state index contributed by atoms with van der Waals surface area (Å²) in [4.78, 5) is 24.7. The molecule has 0 unspecified atom stereocenters. The molecule has 0 saturated heterocycles. The van der Waals surface area contributed by atoms with Gasteiger partial charge >= 0.3 is 0 Å². The van der Waals surface area contributed by atoms with Crippen LogP contribution < -0.4 is 10.1 Å². The van der Waals surface area contributed by atoms with Gasteiger partial charge in [-0.3, -0.25) is 14.9 Å². The molecule has 148 valence electrons. The van der Waals surface area contributed by atoms with Gasteiger partial charge in [-0.05, 0) is 55.5 Å². The fourth-order valence-electron chi connectivity index (χ4n) is 2.54. The van der Waals surface area contributed by atoms with E-state index in [0.717, 1.165) is 0 Å². The van der Waals surface area contributed by atoms with E-state index in [1.165, 1.54) is 17.8 Å². The average Bonchev–Trinajstić information content (AvgIpc) is 2.71. The highest BCUT2D eigenvalue weighted by atomic mass is 35.5. The number of amides is 1. The van der Waals surface area contributed by atoms with E-state index in [2.05, 4.69) is 5.32 Å². The fourth-order valence-corrected chi connectivity index (χ4v) is 3.71. The van der Waals surface area contributed by atoms with Gasteiger partial charge in [0, 0.05) is 22.2 Å². The number of ether oxygens (including phenoxy) is 1. The summed E-state index contributed by atoms with van der Waals surface area (Å²) < 4.78 is 5.36. The average molecular weight is 429 g/mol. The Morgan fingerprint density at radius 2 is 1.83 bits per heavy atom. The Bertz CT molecular complexity index is 1040. The highest BCUT2D eigenvalue weighted by molar-refractivity contribution is 7.99. The number of hydrogen-bond donors (Lipinski definition) is 1. The Morgan fingerprint density at radius 1 is 1.10 bits per heavy atom. The van der Waals surface area contributed by atoms with Crippen molar-refractivity contribution in [3.63, 3.8) is 0 Å². The number of benzene rings is 3. The van der Waals surface area contributed by atoms with Gasteiger partial charge in [-0.15, -0.1) is 0 Å². The maximum Gasteiger partial charge on any atom is 0.284 e. The first-order chi connectivity index (χ1) is 14.0. The molecule has 0 fully saturated rings. The van der Waals surface area contributed by atoms with Gasteiger partial charge in [0.05, 0.1) is 21.4 Å². The third kappa shape index (κ3) is 5.28. The van der Waals surface area contributed by atoms with Gasteiger partial charge in [-0.1, -0.05) is 35.5 Å². The first-order valence-electron chi connectivity index (χ1n) is 8.73. The van der Waals surface area contributed by atoms with Crippen LogP contribution in [0.2, 0.25) is 5.02 Å². The number of halogens is 1. The molecular formula is C21H17ClN2O4S. The second-order valence-electron chi connectivity index (χ2n) is 5.88. The first-order valence-corrected chi connectivity index (χ1v) is 9.92. The van der Waals surface area contributed by atoms with Gasteiger partial charge in [-0.25, -0.2) is 0 Å². The molecule has 1 N–H and O–H groups in total. The lowest BCUT2D eigenvalue weighted by molar-refractivity contribution is -0.387. The molecule has 3 aromatic carbocycles. The molecule has 29 heavy (non-hydrogen) atoms. The van der Waals surface area contributed by atoms with E-state index in [4.69, 9.17) is 16.3 Å². The molecule has 0 heterocycles. The molecule has 8 heteroatoms. The molecule has 3 rings (SSSR count). The zero-order valence-corrected chi connectivity index (χ0v) is 17.0. The minimum atomic E-state index is -0.507. The quantitative estimate of drug-likeness (QED) is 0.366. The van der Waals surface area contributed by atoms with Crippen LogP contribution in [0.25, 0.3) is 0 Å². The standard InChI is InChI=1S/C21H17ClN2O4S/c1-2-28-16-10-8-15(9-11-16)23-21(25)14-7-12-20(18(13-14)24(26)27)29-19-6-4-3-5-17(19)22/h3-13H,2H2,1H3,(H,23,25). The van der Waals surface area contributed by atoms with Crippen molar-refractivity contribution >= 4 is 40.6 Å². The highest BCUT2D eigenvalue weighted by Gasteiger charge is 2.19. The maximum absolute atomic E-state index is 12.5. The predicted molar refractivity (Wildman–Crippen MR) is 114 cm³/mol. The van der Waals surface area contributed by atoms with E-state index < -0.39 is 10.8 Å². The summed E-state index contributed by atoms with van der Waals surface area (Å²) in [6, 6.07) is 18.4. The summed E-state index contributed by atoms with van der Waals surface area (Å²) >= 11 is 7.33. The number of nitro groups is 1. The molecule has 0 bridgehead atoms. The number of rotatable bonds is 7. The van der Waals surface area contributed by atoms with Crippen LogP contribution in [0.4, 0.5) is 11.4 Å². The Labute approximate surface area is 177 Å². The monoisotopic (exact) mass is 428 g/mol. The van der Waals surface area contributed by atoms with Gasteiger partial charge in [0.2, 0.25) is 0 Å². The second kappa shape index (κ2) is 9.45. The summed E-state index contributed by atoms with van der Waals surface area (Å²) in [6.45, 7) is 2.43. The third-order valence-corrected chi connectivity index (χ3v) is 5.48. The Hall–Kier alpha value is -3.03. The summed E-state index contributed by atoms with van der Waals surface area (Å²) in [5, 5.41) is 14.8. The maximum atomic E-state index is 12.5. The van der Waals surface area contributed by atoms with Crippen LogP contribution in [0.15, 0.2) is 76.5 Å². The minimum Gasteiger partial charge on any atom is -0.494 e. The highest BCUT2D eigenvalue weighted by Crippen LogP contribution is 2.38. The van der Waals surface area contributed by atoms with Crippen molar-refractivity contribution in [3.8, 4) is 5.75 Å². The summed E-state index contributed by atoms with van der Waals surface area (Å²) in [5.41, 5.74) is 0.596. The number of carbonyl (C=O) groups excluding carboxylic acids is 1. The van der Waals surface area contributed by atoms with E-state index in [0.29, 0.717) is 32.9 Å². The van der Waals surface area contributed by atoms with Crippen LogP contribution in [-0.4, -0.2) is 17.4 Å². The van der Waals surface area contributed by atoms with Crippen molar-refractivity contribution in [2.75, 3.05) is 11.9 Å². The van der Waals surface area contributed by atoms with Crippen molar-refractivity contribution in [1.29, 1.82) is 0 Å². The Morgan fingerprint density at radius 3 is 2.48 bits per heavy atom. The van der Waals surface area contributed by atoms with Crippen molar-refractivity contribution in [1.82, 2.24) is 0 Å². The number of carbonyl (C=O) groups is 1. The third-order valence-electron chi connectivity index (χ3n) is 3.90. The Balaban J connectivity index is 1.81. The first kappa shape index (κ1) is 20.7. The summed E-state index contributed by atoms with van der Waals surface area (Å²) in [6.07, 6.45) is 0. The topological polar surface area (TPSA) is 81.5 Å². The lowest BCUT2D eigenvalue weighted by Gasteiger charge is -2.09. The van der Waals surface area contributed by atoms with Gasteiger partial charge in [0.25, 0.3) is 11.6 Å². The second-order valence-corrected chi connectivity index (χ2v) is 7.37. The normalized spacial score (nSPS) is 10.4. The molecule has 6 nitrogen and oxygen atoms in total. The van der Waals surface area contributed by atoms with Crippen molar-refractivity contribution in [2.45, 2.75) is 16.7 Å². The van der Waals surface area contributed by atoms with E-state index in [-0.39, 0.29) is 11.3 Å². The molecular weight excluding hydrogens is 412 g/mol. The summed E-state index contributed by atoms with van der Waals surface area (Å²) in [5.74, 6) is 0.258. The SMILES string of the molecule is CCOc1ccc(NC(=O)c2ccc(Sc3ccccc3Cl)c([N+](=O)[O-])c2)cc1. The van der Waals surface area contributed by atoms with Crippen molar-refractivity contribution in [2.24, 2.45) is 0 Å². The predicted octanol–water partition coefficient (Wildman–Crippen LogP) is 6.05. The molecule has 0 aliphatic rings.